The van der Waals surface area contributed by atoms with E-state index >= 15 is 0 Å². The number of ether oxygens (including phenoxy) is 4. The Kier molecular flexibility index (Phi) is 10.7. The lowest BCUT2D eigenvalue weighted by atomic mass is 10.1. The first-order valence-electron chi connectivity index (χ1n) is 13.8. The Balaban J connectivity index is 0.000000818. The first-order valence-corrected chi connectivity index (χ1v) is 14.7. The Morgan fingerprint density at radius 2 is 1.77 bits per heavy atom. The number of nitrogens with one attached hydrogen (secondary N) is 1. The summed E-state index contributed by atoms with van der Waals surface area (Å²) in [5, 5.41) is 2.79. The molecule has 1 unspecified atom stereocenters. The van der Waals surface area contributed by atoms with Gasteiger partial charge < -0.3 is 29.2 Å². The van der Waals surface area contributed by atoms with Crippen LogP contribution in [0, 0.1) is 13.8 Å². The van der Waals surface area contributed by atoms with Gasteiger partial charge in [0.2, 0.25) is 25.0 Å². The summed E-state index contributed by atoms with van der Waals surface area (Å²) in [6.07, 6.45) is 0.737. The predicted octanol–water partition coefficient (Wildman–Crippen LogP) is 4.91. The van der Waals surface area contributed by atoms with Crippen LogP contribution in [-0.4, -0.2) is 73.5 Å². The number of fused-ring (bicyclic) bond motifs is 1. The van der Waals surface area contributed by atoms with Gasteiger partial charge in [0.05, 0.1) is 26.5 Å². The van der Waals surface area contributed by atoms with Crippen molar-refractivity contribution >= 4 is 46.5 Å². The van der Waals surface area contributed by atoms with Crippen LogP contribution >= 0.6 is 11.8 Å². The van der Waals surface area contributed by atoms with Crippen LogP contribution in [0.1, 0.15) is 23.1 Å². The van der Waals surface area contributed by atoms with E-state index in [1.54, 1.807) is 44.3 Å². The van der Waals surface area contributed by atoms with E-state index in [1.807, 2.05) is 44.2 Å². The summed E-state index contributed by atoms with van der Waals surface area (Å²) in [4.78, 5) is 43.9. The van der Waals surface area contributed by atoms with Crippen molar-refractivity contribution in [2.75, 3.05) is 40.4 Å². The lowest BCUT2D eigenvalue weighted by Crippen LogP contribution is -2.33. The number of hydrogen-bond donors (Lipinski definition) is 1. The fourth-order valence-electron chi connectivity index (χ4n) is 4.42. The van der Waals surface area contributed by atoms with E-state index < -0.39 is 5.25 Å². The van der Waals surface area contributed by atoms with E-state index in [0.717, 1.165) is 28.8 Å². The number of hydrogen-bond acceptors (Lipinski definition) is 9. The van der Waals surface area contributed by atoms with Gasteiger partial charge in [0.1, 0.15) is 5.25 Å². The third kappa shape index (κ3) is 8.01. The largest absolute Gasteiger partial charge is 0.493 e. The maximum absolute atomic E-state index is 13.6. The number of carbonyl (C=O) groups excluding carboxylic acids is 3. The average Bonchev–Trinajstić information content (AvgIpc) is 3.58. The summed E-state index contributed by atoms with van der Waals surface area (Å²) in [6, 6.07) is 16.7. The van der Waals surface area contributed by atoms with E-state index in [1.165, 1.54) is 23.8 Å². The van der Waals surface area contributed by atoms with Gasteiger partial charge in [0.15, 0.2) is 28.2 Å². The minimum Gasteiger partial charge on any atom is -0.493 e. The quantitative estimate of drug-likeness (QED) is 0.335. The fourth-order valence-corrected chi connectivity index (χ4v) is 5.57. The summed E-state index contributed by atoms with van der Waals surface area (Å²) >= 11 is 1.30. The van der Waals surface area contributed by atoms with Gasteiger partial charge in [-0.05, 0) is 55.3 Å². The molecule has 2 aliphatic rings. The number of carbonyl (C=O) groups is 3. The predicted molar refractivity (Wildman–Crippen MR) is 170 cm³/mol. The molecule has 12 heteroatoms. The van der Waals surface area contributed by atoms with E-state index in [0.29, 0.717) is 40.4 Å². The summed E-state index contributed by atoms with van der Waals surface area (Å²) in [7, 11) is 6.45. The minimum absolute atomic E-state index is 0.0125. The highest BCUT2D eigenvalue weighted by Gasteiger charge is 2.39. The van der Waals surface area contributed by atoms with Crippen LogP contribution in [0.2, 0.25) is 0 Å². The van der Waals surface area contributed by atoms with Gasteiger partial charge in [-0.1, -0.05) is 35.5 Å². The second-order valence-corrected chi connectivity index (χ2v) is 11.5. The van der Waals surface area contributed by atoms with Crippen LogP contribution in [-0.2, 0) is 20.9 Å². The molecule has 0 spiro atoms. The van der Waals surface area contributed by atoms with E-state index in [9.17, 15) is 14.4 Å². The molecule has 1 atom stereocenters. The maximum Gasteiger partial charge on any atom is 0.242 e. The van der Waals surface area contributed by atoms with Crippen LogP contribution in [0.5, 0.6) is 23.0 Å². The summed E-state index contributed by atoms with van der Waals surface area (Å²) < 4.78 is 21.5. The zero-order valence-electron chi connectivity index (χ0n) is 25.6. The zero-order chi connectivity index (χ0) is 31.8. The third-order valence-electron chi connectivity index (χ3n) is 6.62. The normalized spacial score (nSPS) is 15.9. The molecule has 44 heavy (non-hydrogen) atoms. The molecule has 2 heterocycles. The molecule has 1 N–H and O–H groups in total. The zero-order valence-corrected chi connectivity index (χ0v) is 26.4. The molecule has 0 bridgehead atoms. The molecule has 0 saturated carbocycles. The standard InChI is InChI=1S/C29H29N3O6S.C3H7NO/c1-17-5-8-21(18(2)11-17)31-29-32(15-19-6-9-23-25(12-19)38-16-37-23)28(34)26(39-29)14-27(33)30-20-7-10-22(35-3)24(13-20)36-4;1-4(2)3-5/h5-13,26H,14-16H2,1-4H3,(H,30,33);3H,1-2H3. The fraction of sp³-hybridized carbons (Fsp3) is 0.312. The van der Waals surface area contributed by atoms with Crippen LogP contribution in [0.3, 0.4) is 0 Å². The maximum atomic E-state index is 13.6. The SMILES string of the molecule is CN(C)C=O.COc1ccc(NC(=O)CC2SC(=Nc3ccc(C)cc3C)N(Cc3ccc4c(c3)OCO4)C2=O)cc1OC. The van der Waals surface area contributed by atoms with Crippen molar-refractivity contribution < 1.29 is 33.3 Å². The highest BCUT2D eigenvalue weighted by atomic mass is 32.2. The molecule has 11 nitrogen and oxygen atoms in total. The van der Waals surface area contributed by atoms with Gasteiger partial charge in [-0.25, -0.2) is 4.99 Å². The topological polar surface area (TPSA) is 119 Å². The summed E-state index contributed by atoms with van der Waals surface area (Å²) in [5.41, 5.74) is 4.34. The van der Waals surface area contributed by atoms with Gasteiger partial charge >= 0.3 is 0 Å². The lowest BCUT2D eigenvalue weighted by molar-refractivity contribution is -0.128. The Hall–Kier alpha value is -4.71. The molecule has 3 aromatic rings. The van der Waals surface area contributed by atoms with E-state index in [4.69, 9.17) is 23.9 Å². The molecular formula is C32H36N4O7S. The molecule has 0 radical (unpaired) electrons. The van der Waals surface area contributed by atoms with Gasteiger partial charge in [-0.2, -0.15) is 0 Å². The Labute approximate surface area is 261 Å². The van der Waals surface area contributed by atoms with E-state index in [-0.39, 0.29) is 25.0 Å². The van der Waals surface area contributed by atoms with Crippen LogP contribution < -0.4 is 24.3 Å². The van der Waals surface area contributed by atoms with Crippen LogP contribution in [0.15, 0.2) is 59.6 Å². The Bertz CT molecular complexity index is 1560. The number of benzene rings is 3. The summed E-state index contributed by atoms with van der Waals surface area (Å²) in [6.45, 7) is 4.48. The lowest BCUT2D eigenvalue weighted by Gasteiger charge is -2.17. The first-order chi connectivity index (χ1) is 21.1. The van der Waals surface area contributed by atoms with Crippen molar-refractivity contribution in [1.29, 1.82) is 0 Å². The van der Waals surface area contributed by atoms with Gasteiger partial charge in [0, 0.05) is 32.3 Å². The Morgan fingerprint density at radius 1 is 1.05 bits per heavy atom. The van der Waals surface area contributed by atoms with Gasteiger partial charge in [-0.15, -0.1) is 0 Å². The molecule has 232 valence electrons. The van der Waals surface area contributed by atoms with Crippen molar-refractivity contribution in [2.24, 2.45) is 4.99 Å². The number of rotatable bonds is 9. The number of aliphatic imine (C=N–C) groups is 1. The average molecular weight is 621 g/mol. The molecule has 3 amide bonds. The first kappa shape index (κ1) is 32.2. The molecule has 1 fully saturated rings. The molecular weight excluding hydrogens is 584 g/mol. The van der Waals surface area contributed by atoms with Gasteiger partial charge in [0.25, 0.3) is 0 Å². The molecule has 3 aromatic carbocycles. The number of aryl methyl sites for hydroxylation is 2. The van der Waals surface area contributed by atoms with Crippen molar-refractivity contribution in [3.8, 4) is 23.0 Å². The molecule has 0 aliphatic carbocycles. The van der Waals surface area contributed by atoms with Crippen molar-refractivity contribution in [3.05, 3.63) is 71.3 Å². The van der Waals surface area contributed by atoms with Crippen molar-refractivity contribution in [3.63, 3.8) is 0 Å². The van der Waals surface area contributed by atoms with Crippen molar-refractivity contribution in [1.82, 2.24) is 9.80 Å². The van der Waals surface area contributed by atoms with E-state index in [2.05, 4.69) is 11.4 Å². The molecule has 1 saturated heterocycles. The smallest absolute Gasteiger partial charge is 0.242 e. The van der Waals surface area contributed by atoms with Gasteiger partial charge in [-0.3, -0.25) is 19.3 Å². The summed E-state index contributed by atoms with van der Waals surface area (Å²) in [5.74, 6) is 1.91. The number of methoxy groups -OCH3 is 2. The monoisotopic (exact) mass is 620 g/mol. The number of thioether (sulfide) groups is 1. The van der Waals surface area contributed by atoms with Crippen LogP contribution in [0.4, 0.5) is 11.4 Å². The minimum atomic E-state index is -0.622. The number of anilines is 1. The third-order valence-corrected chi connectivity index (χ3v) is 7.79. The molecule has 0 aromatic heterocycles. The highest BCUT2D eigenvalue weighted by molar-refractivity contribution is 8.15. The van der Waals surface area contributed by atoms with Crippen molar-refractivity contribution in [2.45, 2.75) is 32.1 Å². The second-order valence-electron chi connectivity index (χ2n) is 10.3. The number of amidine groups is 1. The van der Waals surface area contributed by atoms with Crippen LogP contribution in [0.25, 0.3) is 0 Å². The number of nitrogens with zero attached hydrogens (tertiary/aromatic N) is 3. The highest BCUT2D eigenvalue weighted by Crippen LogP contribution is 2.37. The number of amides is 3. The molecule has 2 aliphatic heterocycles. The molecule has 5 rings (SSSR count). The second kappa shape index (κ2) is 14.6. The Morgan fingerprint density at radius 3 is 2.45 bits per heavy atom.